The Morgan fingerprint density at radius 1 is 0.900 bits per heavy atom. The van der Waals surface area contributed by atoms with E-state index in [1.54, 1.807) is 10.6 Å². The molecule has 0 fully saturated rings. The summed E-state index contributed by atoms with van der Waals surface area (Å²) >= 11 is 0. The average molecular weight is 391 g/mol. The lowest BCUT2D eigenvalue weighted by Crippen LogP contribution is -2.19. The van der Waals surface area contributed by atoms with Gasteiger partial charge in [-0.05, 0) is 53.4 Å². The lowest BCUT2D eigenvalue weighted by molar-refractivity contribution is 0.760. The number of aliphatic imine (C=N–C) groups is 1. The van der Waals surface area contributed by atoms with E-state index in [1.807, 2.05) is 61.8 Å². The first-order valence-corrected chi connectivity index (χ1v) is 10.0. The number of hydrogen-bond donors (Lipinski definition) is 0. The van der Waals surface area contributed by atoms with E-state index < -0.39 is 0 Å². The molecule has 0 aliphatic carbocycles. The summed E-state index contributed by atoms with van der Waals surface area (Å²) in [5.74, 6) is 0. The van der Waals surface area contributed by atoms with Gasteiger partial charge in [-0.2, -0.15) is 0 Å². The van der Waals surface area contributed by atoms with E-state index in [9.17, 15) is 4.79 Å². The molecule has 1 aliphatic heterocycles. The summed E-state index contributed by atoms with van der Waals surface area (Å²) in [5.41, 5.74) is 8.44. The van der Waals surface area contributed by atoms with Gasteiger partial charge in [0, 0.05) is 35.3 Å². The molecule has 0 atom stereocenters. The highest BCUT2D eigenvalue weighted by molar-refractivity contribution is 6.15. The number of aromatic nitrogens is 2. The molecule has 0 saturated carbocycles. The number of pyridine rings is 2. The number of hydrogen-bond acceptors (Lipinski definition) is 3. The maximum absolute atomic E-state index is 12.7. The number of rotatable bonds is 4. The van der Waals surface area contributed by atoms with Gasteiger partial charge >= 0.3 is 0 Å². The van der Waals surface area contributed by atoms with Gasteiger partial charge in [0.1, 0.15) is 0 Å². The first-order valence-electron chi connectivity index (χ1n) is 10.0. The lowest BCUT2D eigenvalue weighted by atomic mass is 9.96. The minimum absolute atomic E-state index is 0.00417. The highest BCUT2D eigenvalue weighted by atomic mass is 16.1. The van der Waals surface area contributed by atoms with Crippen LogP contribution in [0.25, 0.3) is 11.1 Å². The Labute approximate surface area is 175 Å². The van der Waals surface area contributed by atoms with E-state index in [4.69, 9.17) is 4.99 Å². The summed E-state index contributed by atoms with van der Waals surface area (Å²) in [4.78, 5) is 21.7. The van der Waals surface area contributed by atoms with Crippen molar-refractivity contribution in [1.82, 2.24) is 9.55 Å². The molecule has 5 rings (SSSR count). The Kier molecular flexibility index (Phi) is 4.60. The molecule has 30 heavy (non-hydrogen) atoms. The minimum Gasteiger partial charge on any atom is -0.311 e. The Hall–Kier alpha value is -3.79. The van der Waals surface area contributed by atoms with Crippen molar-refractivity contribution in [3.05, 3.63) is 123 Å². The van der Waals surface area contributed by atoms with Crippen molar-refractivity contribution in [2.45, 2.75) is 20.0 Å². The smallest absolute Gasteiger partial charge is 0.251 e. The van der Waals surface area contributed by atoms with Crippen molar-refractivity contribution >= 4 is 5.71 Å². The molecule has 0 spiro atoms. The van der Waals surface area contributed by atoms with Gasteiger partial charge in [0.2, 0.25) is 0 Å². The van der Waals surface area contributed by atoms with Crippen LogP contribution in [0.15, 0.2) is 95.0 Å². The van der Waals surface area contributed by atoms with E-state index in [0.717, 1.165) is 39.2 Å². The second kappa shape index (κ2) is 7.56. The zero-order valence-electron chi connectivity index (χ0n) is 16.7. The molecule has 4 aromatic rings. The summed E-state index contributed by atoms with van der Waals surface area (Å²) < 4.78 is 1.73. The molecular weight excluding hydrogens is 370 g/mol. The van der Waals surface area contributed by atoms with Crippen molar-refractivity contribution < 1.29 is 0 Å². The van der Waals surface area contributed by atoms with Gasteiger partial charge in [-0.25, -0.2) is 0 Å². The van der Waals surface area contributed by atoms with Gasteiger partial charge in [-0.15, -0.1) is 0 Å². The van der Waals surface area contributed by atoms with Crippen LogP contribution in [0.2, 0.25) is 0 Å². The van der Waals surface area contributed by atoms with Crippen molar-refractivity contribution in [3.8, 4) is 11.1 Å². The molecule has 0 bridgehead atoms. The quantitative estimate of drug-likeness (QED) is 0.510. The molecule has 3 heterocycles. The van der Waals surface area contributed by atoms with Gasteiger partial charge in [-0.3, -0.25) is 14.8 Å². The van der Waals surface area contributed by atoms with Gasteiger partial charge in [-0.1, -0.05) is 42.5 Å². The van der Waals surface area contributed by atoms with E-state index in [0.29, 0.717) is 13.1 Å². The minimum atomic E-state index is -0.00417. The second-order valence-corrected chi connectivity index (χ2v) is 7.59. The molecule has 0 saturated heterocycles. The van der Waals surface area contributed by atoms with Crippen LogP contribution in [0.3, 0.4) is 0 Å². The van der Waals surface area contributed by atoms with Gasteiger partial charge in [0.05, 0.1) is 18.8 Å². The lowest BCUT2D eigenvalue weighted by Gasteiger charge is -2.10. The maximum atomic E-state index is 12.7. The zero-order chi connectivity index (χ0) is 20.5. The van der Waals surface area contributed by atoms with Crippen LogP contribution in [0.4, 0.5) is 0 Å². The Balaban J connectivity index is 1.48. The Morgan fingerprint density at radius 3 is 2.53 bits per heavy atom. The van der Waals surface area contributed by atoms with Crippen LogP contribution in [0.5, 0.6) is 0 Å². The van der Waals surface area contributed by atoms with Crippen LogP contribution >= 0.6 is 0 Å². The summed E-state index contributed by atoms with van der Waals surface area (Å²) in [6, 6.07) is 24.1. The molecule has 4 heteroatoms. The number of nitrogens with zero attached hydrogens (tertiary/aromatic N) is 3. The van der Waals surface area contributed by atoms with Crippen molar-refractivity contribution in [2.75, 3.05) is 0 Å². The molecule has 146 valence electrons. The number of benzene rings is 2. The standard InChI is InChI=1S/C26H21N3O/c1-18-13-22(9-11-27-18)26-24-14-20(7-8-23(24)16-28-26)21-10-12-29(25(30)15-21)17-19-5-3-2-4-6-19/h2-15H,16-17H2,1H3. The summed E-state index contributed by atoms with van der Waals surface area (Å²) in [6.45, 7) is 3.24. The normalized spacial score (nSPS) is 12.5. The van der Waals surface area contributed by atoms with Crippen LogP contribution in [-0.2, 0) is 13.1 Å². The van der Waals surface area contributed by atoms with Gasteiger partial charge in [0.15, 0.2) is 0 Å². The maximum Gasteiger partial charge on any atom is 0.251 e. The first kappa shape index (κ1) is 18.3. The predicted octanol–water partition coefficient (Wildman–Crippen LogP) is 4.62. The highest BCUT2D eigenvalue weighted by Crippen LogP contribution is 2.28. The van der Waals surface area contributed by atoms with E-state index in [1.165, 1.54) is 5.56 Å². The molecule has 4 nitrogen and oxygen atoms in total. The fraction of sp³-hybridized carbons (Fsp3) is 0.115. The van der Waals surface area contributed by atoms with Crippen molar-refractivity contribution in [2.24, 2.45) is 4.99 Å². The van der Waals surface area contributed by atoms with Crippen molar-refractivity contribution in [1.29, 1.82) is 0 Å². The van der Waals surface area contributed by atoms with E-state index in [2.05, 4.69) is 29.2 Å². The number of fused-ring (bicyclic) bond motifs is 1. The molecule has 2 aromatic heterocycles. The monoisotopic (exact) mass is 391 g/mol. The zero-order valence-corrected chi connectivity index (χ0v) is 16.7. The molecule has 0 N–H and O–H groups in total. The summed E-state index contributed by atoms with van der Waals surface area (Å²) in [6.07, 6.45) is 3.69. The number of aryl methyl sites for hydroxylation is 1. The molecule has 0 radical (unpaired) electrons. The summed E-state index contributed by atoms with van der Waals surface area (Å²) in [7, 11) is 0. The van der Waals surface area contributed by atoms with Crippen molar-refractivity contribution in [3.63, 3.8) is 0 Å². The Bertz CT molecular complexity index is 1320. The van der Waals surface area contributed by atoms with Crippen LogP contribution in [0.1, 0.15) is 27.9 Å². The molecule has 0 amide bonds. The Morgan fingerprint density at radius 2 is 1.73 bits per heavy atom. The van der Waals surface area contributed by atoms with Crippen LogP contribution < -0.4 is 5.56 Å². The highest BCUT2D eigenvalue weighted by Gasteiger charge is 2.18. The van der Waals surface area contributed by atoms with Gasteiger partial charge in [0.25, 0.3) is 5.56 Å². The van der Waals surface area contributed by atoms with Gasteiger partial charge < -0.3 is 4.57 Å². The fourth-order valence-electron chi connectivity index (χ4n) is 3.90. The van der Waals surface area contributed by atoms with E-state index >= 15 is 0 Å². The second-order valence-electron chi connectivity index (χ2n) is 7.59. The third-order valence-corrected chi connectivity index (χ3v) is 5.47. The van der Waals surface area contributed by atoms with Crippen LogP contribution in [0, 0.1) is 6.92 Å². The third kappa shape index (κ3) is 3.48. The van der Waals surface area contributed by atoms with Crippen LogP contribution in [-0.4, -0.2) is 15.3 Å². The predicted molar refractivity (Wildman–Crippen MR) is 120 cm³/mol. The molecule has 0 unspecified atom stereocenters. The largest absolute Gasteiger partial charge is 0.311 e. The topological polar surface area (TPSA) is 47.2 Å². The fourth-order valence-corrected chi connectivity index (χ4v) is 3.90. The third-order valence-electron chi connectivity index (χ3n) is 5.47. The first-order chi connectivity index (χ1) is 14.7. The SMILES string of the molecule is Cc1cc(C2=NCc3ccc(-c4ccn(Cc5ccccc5)c(=O)c4)cc32)ccn1. The average Bonchev–Trinajstić information content (AvgIpc) is 3.19. The van der Waals surface area contributed by atoms with E-state index in [-0.39, 0.29) is 5.56 Å². The molecule has 2 aromatic carbocycles. The summed E-state index contributed by atoms with van der Waals surface area (Å²) in [5, 5.41) is 0. The molecular formula is C26H21N3O. The molecule has 1 aliphatic rings.